The monoisotopic (exact) mass is 449 g/mol. The molecule has 29 heavy (non-hydrogen) atoms. The second kappa shape index (κ2) is 7.78. The zero-order valence-corrected chi connectivity index (χ0v) is 18.2. The molecule has 2 aromatic carbocycles. The molecule has 1 unspecified atom stereocenters. The van der Waals surface area contributed by atoms with E-state index in [4.69, 9.17) is 23.2 Å². The van der Waals surface area contributed by atoms with Crippen LogP contribution in [0.5, 0.6) is 0 Å². The molecule has 0 N–H and O–H groups in total. The van der Waals surface area contributed by atoms with Crippen LogP contribution < -0.4 is 0 Å². The van der Waals surface area contributed by atoms with Crippen LogP contribution in [-0.4, -0.2) is 25.2 Å². The Balaban J connectivity index is 1.72. The van der Waals surface area contributed by atoms with Gasteiger partial charge < -0.3 is 0 Å². The van der Waals surface area contributed by atoms with Crippen molar-refractivity contribution in [3.63, 3.8) is 0 Å². The maximum Gasteiger partial charge on any atom is 0.267 e. The number of hydrogen-bond donors (Lipinski definition) is 0. The lowest BCUT2D eigenvalue weighted by Crippen LogP contribution is -2.41. The van der Waals surface area contributed by atoms with E-state index < -0.39 is 15.9 Å². The van der Waals surface area contributed by atoms with Gasteiger partial charge in [0.15, 0.2) is 0 Å². The van der Waals surface area contributed by atoms with Gasteiger partial charge in [0.05, 0.1) is 14.9 Å². The Morgan fingerprint density at radius 2 is 1.76 bits per heavy atom. The van der Waals surface area contributed by atoms with Crippen LogP contribution in [0.3, 0.4) is 0 Å². The Bertz CT molecular complexity index is 1080. The highest BCUT2D eigenvalue weighted by molar-refractivity contribution is 7.89. The molecule has 4 nitrogen and oxygen atoms in total. The van der Waals surface area contributed by atoms with E-state index in [0.717, 1.165) is 22.7 Å². The van der Waals surface area contributed by atoms with Gasteiger partial charge in [-0.05, 0) is 67.9 Å². The minimum Gasteiger partial charge on any atom is -0.268 e. The van der Waals surface area contributed by atoms with Gasteiger partial charge in [0, 0.05) is 12.1 Å². The Morgan fingerprint density at radius 1 is 1.03 bits per heavy atom. The van der Waals surface area contributed by atoms with Crippen molar-refractivity contribution in [2.24, 2.45) is 17.8 Å². The summed E-state index contributed by atoms with van der Waals surface area (Å²) in [6.45, 7) is 2.07. The third kappa shape index (κ3) is 3.96. The van der Waals surface area contributed by atoms with Gasteiger partial charge in [-0.25, -0.2) is 12.7 Å². The summed E-state index contributed by atoms with van der Waals surface area (Å²) in [5, 5.41) is 0.401. The third-order valence-electron chi connectivity index (χ3n) is 5.82. The predicted molar refractivity (Wildman–Crippen MR) is 115 cm³/mol. The Labute approximate surface area is 181 Å². The van der Waals surface area contributed by atoms with Crippen molar-refractivity contribution in [3.05, 3.63) is 75.8 Å². The van der Waals surface area contributed by atoms with E-state index in [1.807, 2.05) is 6.92 Å². The van der Waals surface area contributed by atoms with Crippen molar-refractivity contribution < 1.29 is 13.2 Å². The molecule has 1 fully saturated rings. The highest BCUT2D eigenvalue weighted by atomic mass is 35.5. The van der Waals surface area contributed by atoms with E-state index in [0.29, 0.717) is 17.4 Å². The first-order valence-electron chi connectivity index (χ1n) is 9.53. The lowest BCUT2D eigenvalue weighted by molar-refractivity contribution is 0.0841. The standard InChI is InChI=1S/C22H21Cl2NO3S/c1-14-2-5-16(6-3-14)22(26)25(13-18-11-15-4-7-17(18)10-15)29(27,28)19-8-9-20(23)21(24)12-19/h2-9,12,15,17-18H,10-11,13H2,1H3/t15-,17-,18?/m1/s1. The van der Waals surface area contributed by atoms with Crippen LogP contribution in [0.25, 0.3) is 0 Å². The molecule has 1 amide bonds. The molecule has 0 aliphatic heterocycles. The summed E-state index contributed by atoms with van der Waals surface area (Å²) in [6, 6.07) is 11.1. The second-order valence-corrected chi connectivity index (χ2v) is 10.5. The first-order chi connectivity index (χ1) is 13.8. The maximum absolute atomic E-state index is 13.5. The number of amides is 1. The summed E-state index contributed by atoms with van der Waals surface area (Å²) in [5.41, 5.74) is 1.34. The number of nitrogens with zero attached hydrogens (tertiary/aromatic N) is 1. The molecule has 2 bridgehead atoms. The molecule has 0 saturated heterocycles. The number of carbonyl (C=O) groups excluding carboxylic acids is 1. The summed E-state index contributed by atoms with van der Waals surface area (Å²) in [6.07, 6.45) is 6.28. The van der Waals surface area contributed by atoms with Crippen LogP contribution in [0.15, 0.2) is 59.5 Å². The van der Waals surface area contributed by atoms with Crippen molar-refractivity contribution in [2.45, 2.75) is 24.7 Å². The number of fused-ring (bicyclic) bond motifs is 2. The van der Waals surface area contributed by atoms with Crippen molar-refractivity contribution in [1.29, 1.82) is 0 Å². The van der Waals surface area contributed by atoms with Gasteiger partial charge >= 0.3 is 0 Å². The van der Waals surface area contributed by atoms with Crippen LogP contribution in [-0.2, 0) is 10.0 Å². The van der Waals surface area contributed by atoms with Gasteiger partial charge in [0.2, 0.25) is 0 Å². The Kier molecular flexibility index (Phi) is 5.49. The molecule has 2 aromatic rings. The lowest BCUT2D eigenvalue weighted by Gasteiger charge is -2.28. The number of carbonyl (C=O) groups is 1. The molecule has 4 rings (SSSR count). The van der Waals surface area contributed by atoms with Gasteiger partial charge in [-0.15, -0.1) is 0 Å². The zero-order valence-electron chi connectivity index (χ0n) is 15.9. The number of sulfonamides is 1. The molecule has 152 valence electrons. The summed E-state index contributed by atoms with van der Waals surface area (Å²) < 4.78 is 27.9. The molecule has 7 heteroatoms. The van der Waals surface area contributed by atoms with E-state index >= 15 is 0 Å². The van der Waals surface area contributed by atoms with Crippen LogP contribution in [0.1, 0.15) is 28.8 Å². The topological polar surface area (TPSA) is 54.5 Å². The smallest absolute Gasteiger partial charge is 0.267 e. The van der Waals surface area contributed by atoms with Gasteiger partial charge in [-0.3, -0.25) is 4.79 Å². The summed E-state index contributed by atoms with van der Waals surface area (Å²) >= 11 is 12.0. The van der Waals surface area contributed by atoms with E-state index in [-0.39, 0.29) is 27.4 Å². The largest absolute Gasteiger partial charge is 0.268 e. The molecule has 2 aliphatic carbocycles. The Hall–Kier alpha value is -1.82. The van der Waals surface area contributed by atoms with Crippen molar-refractivity contribution in [3.8, 4) is 0 Å². The molecule has 2 aliphatic rings. The van der Waals surface area contributed by atoms with E-state index in [1.54, 1.807) is 24.3 Å². The number of allylic oxidation sites excluding steroid dienone is 2. The van der Waals surface area contributed by atoms with E-state index in [1.165, 1.54) is 18.2 Å². The highest BCUT2D eigenvalue weighted by Crippen LogP contribution is 2.44. The highest BCUT2D eigenvalue weighted by Gasteiger charge is 2.40. The van der Waals surface area contributed by atoms with Crippen LogP contribution in [0, 0.1) is 24.7 Å². The number of benzene rings is 2. The third-order valence-corrected chi connectivity index (χ3v) is 8.30. The minimum atomic E-state index is -4.09. The fraction of sp³-hybridized carbons (Fsp3) is 0.318. The lowest BCUT2D eigenvalue weighted by atomic mass is 9.93. The molecule has 0 aromatic heterocycles. The second-order valence-electron chi connectivity index (χ2n) is 7.82. The predicted octanol–water partition coefficient (Wildman–Crippen LogP) is 5.35. The molecule has 0 radical (unpaired) electrons. The molecular weight excluding hydrogens is 429 g/mol. The first-order valence-corrected chi connectivity index (χ1v) is 11.7. The van der Waals surface area contributed by atoms with Crippen molar-refractivity contribution in [1.82, 2.24) is 4.31 Å². The van der Waals surface area contributed by atoms with Crippen LogP contribution >= 0.6 is 23.2 Å². The molecule has 1 saturated carbocycles. The molecule has 0 heterocycles. The fourth-order valence-corrected chi connectivity index (χ4v) is 6.05. The van der Waals surface area contributed by atoms with E-state index in [2.05, 4.69) is 12.2 Å². The average molecular weight is 450 g/mol. The molecule has 0 spiro atoms. The zero-order chi connectivity index (χ0) is 20.8. The minimum absolute atomic E-state index is 0.0361. The van der Waals surface area contributed by atoms with Gasteiger partial charge in [-0.1, -0.05) is 53.1 Å². The summed E-state index contributed by atoms with van der Waals surface area (Å²) in [7, 11) is -4.09. The fourth-order valence-electron chi connectivity index (χ4n) is 4.21. The average Bonchev–Trinajstić information content (AvgIpc) is 3.31. The summed E-state index contributed by atoms with van der Waals surface area (Å²) in [4.78, 5) is 13.3. The van der Waals surface area contributed by atoms with Crippen LogP contribution in [0.4, 0.5) is 0 Å². The Morgan fingerprint density at radius 3 is 2.34 bits per heavy atom. The molecular formula is C22H21Cl2NO3S. The van der Waals surface area contributed by atoms with Crippen molar-refractivity contribution >= 4 is 39.1 Å². The number of rotatable bonds is 5. The normalized spacial score (nSPS) is 22.8. The van der Waals surface area contributed by atoms with Gasteiger partial charge in [0.1, 0.15) is 0 Å². The maximum atomic E-state index is 13.5. The molecule has 3 atom stereocenters. The number of aryl methyl sites for hydroxylation is 1. The summed E-state index contributed by atoms with van der Waals surface area (Å²) in [5.74, 6) is 0.395. The first kappa shape index (κ1) is 20.5. The van der Waals surface area contributed by atoms with Crippen LogP contribution in [0.2, 0.25) is 10.0 Å². The number of hydrogen-bond acceptors (Lipinski definition) is 3. The van der Waals surface area contributed by atoms with Gasteiger partial charge in [0.25, 0.3) is 15.9 Å². The van der Waals surface area contributed by atoms with Gasteiger partial charge in [-0.2, -0.15) is 0 Å². The quantitative estimate of drug-likeness (QED) is 0.578. The van der Waals surface area contributed by atoms with E-state index in [9.17, 15) is 13.2 Å². The van der Waals surface area contributed by atoms with Crippen molar-refractivity contribution in [2.75, 3.05) is 6.54 Å². The number of halogens is 2. The SMILES string of the molecule is Cc1ccc(C(=O)N(CC2C[C@@H]3C=C[C@@H]2C3)S(=O)(=O)c2ccc(Cl)c(Cl)c2)cc1.